The Bertz CT molecular complexity index is 722. The molecule has 118 valence electrons. The second-order valence-electron chi connectivity index (χ2n) is 5.52. The molecule has 3 rings (SSSR count). The van der Waals surface area contributed by atoms with Gasteiger partial charge in [-0.25, -0.2) is 9.97 Å². The van der Waals surface area contributed by atoms with Crippen LogP contribution in [0.3, 0.4) is 0 Å². The van der Waals surface area contributed by atoms with Crippen LogP contribution in [0.25, 0.3) is 0 Å². The first-order chi connectivity index (χ1) is 11.1. The number of nitrogens with one attached hydrogen (secondary N) is 1. The van der Waals surface area contributed by atoms with Gasteiger partial charge in [0.2, 0.25) is 5.95 Å². The van der Waals surface area contributed by atoms with E-state index in [1.807, 2.05) is 4.90 Å². The molecule has 1 amide bonds. The number of amides is 1. The molecule has 1 aromatic heterocycles. The summed E-state index contributed by atoms with van der Waals surface area (Å²) in [5.74, 6) is 0.330. The van der Waals surface area contributed by atoms with Gasteiger partial charge in [-0.3, -0.25) is 9.59 Å². The summed E-state index contributed by atoms with van der Waals surface area (Å²) < 4.78 is 0. The summed E-state index contributed by atoms with van der Waals surface area (Å²) in [6, 6.07) is 8.68. The van der Waals surface area contributed by atoms with Crippen LogP contribution >= 0.6 is 0 Å². The summed E-state index contributed by atoms with van der Waals surface area (Å²) in [6.07, 6.45) is 3.66. The highest BCUT2D eigenvalue weighted by Gasteiger charge is 2.20. The molecule has 0 atom stereocenters. The number of nitrogens with zero attached hydrogens (tertiary/aromatic N) is 3. The number of anilines is 2. The molecular formula is C17H18N4O2. The third-order valence-corrected chi connectivity index (χ3v) is 3.82. The number of benzene rings is 1. The van der Waals surface area contributed by atoms with E-state index in [9.17, 15) is 9.59 Å². The van der Waals surface area contributed by atoms with Gasteiger partial charge in [0.25, 0.3) is 5.91 Å². The molecule has 0 saturated carbocycles. The number of carbonyl (C=O) groups is 2. The minimum absolute atomic E-state index is 0.0195. The van der Waals surface area contributed by atoms with Gasteiger partial charge in [-0.05, 0) is 50.1 Å². The summed E-state index contributed by atoms with van der Waals surface area (Å²) in [5, 5.41) is 3.05. The van der Waals surface area contributed by atoms with Gasteiger partial charge < -0.3 is 10.2 Å². The SMILES string of the molecule is CC(=O)c1ccc(Nc2nccc(C(=O)N3CCCC3)n2)cc1. The lowest BCUT2D eigenvalue weighted by atomic mass is 10.1. The van der Waals surface area contributed by atoms with Crippen molar-refractivity contribution in [3.8, 4) is 0 Å². The van der Waals surface area contributed by atoms with Crippen molar-refractivity contribution in [1.29, 1.82) is 0 Å². The molecule has 2 aromatic rings. The maximum Gasteiger partial charge on any atom is 0.272 e. The second kappa shape index (κ2) is 6.56. The van der Waals surface area contributed by atoms with Crippen molar-refractivity contribution in [2.75, 3.05) is 18.4 Å². The predicted octanol–water partition coefficient (Wildman–Crippen LogP) is 2.66. The second-order valence-corrected chi connectivity index (χ2v) is 5.52. The molecule has 0 unspecified atom stereocenters. The average Bonchev–Trinajstić information content (AvgIpc) is 3.09. The Balaban J connectivity index is 1.74. The standard InChI is InChI=1S/C17H18N4O2/c1-12(22)13-4-6-14(7-5-13)19-17-18-9-8-15(20-17)16(23)21-10-2-3-11-21/h4-9H,2-3,10-11H2,1H3,(H,18,19,20). The maximum atomic E-state index is 12.3. The lowest BCUT2D eigenvalue weighted by Crippen LogP contribution is -2.28. The van der Waals surface area contributed by atoms with Crippen molar-refractivity contribution >= 4 is 23.3 Å². The van der Waals surface area contributed by atoms with Crippen molar-refractivity contribution in [2.24, 2.45) is 0 Å². The molecule has 6 nitrogen and oxygen atoms in total. The number of likely N-dealkylation sites (tertiary alicyclic amines) is 1. The quantitative estimate of drug-likeness (QED) is 0.879. The molecule has 1 fully saturated rings. The summed E-state index contributed by atoms with van der Waals surface area (Å²) in [6.45, 7) is 3.11. The van der Waals surface area contributed by atoms with Crippen LogP contribution in [0.2, 0.25) is 0 Å². The highest BCUT2D eigenvalue weighted by molar-refractivity contribution is 5.94. The van der Waals surface area contributed by atoms with Crippen molar-refractivity contribution in [2.45, 2.75) is 19.8 Å². The minimum atomic E-state index is -0.0557. The van der Waals surface area contributed by atoms with Crippen LogP contribution in [-0.2, 0) is 0 Å². The predicted molar refractivity (Wildman–Crippen MR) is 86.9 cm³/mol. The third-order valence-electron chi connectivity index (χ3n) is 3.82. The zero-order valence-corrected chi connectivity index (χ0v) is 13.0. The van der Waals surface area contributed by atoms with Gasteiger partial charge in [-0.15, -0.1) is 0 Å². The Morgan fingerprint density at radius 1 is 1.09 bits per heavy atom. The van der Waals surface area contributed by atoms with Gasteiger partial charge in [0.1, 0.15) is 5.69 Å². The zero-order valence-electron chi connectivity index (χ0n) is 13.0. The summed E-state index contributed by atoms with van der Waals surface area (Å²) in [7, 11) is 0. The van der Waals surface area contributed by atoms with E-state index in [4.69, 9.17) is 0 Å². The minimum Gasteiger partial charge on any atom is -0.337 e. The molecule has 1 aliphatic rings. The van der Waals surface area contributed by atoms with Crippen molar-refractivity contribution in [3.63, 3.8) is 0 Å². The molecule has 23 heavy (non-hydrogen) atoms. The van der Waals surface area contributed by atoms with Crippen molar-refractivity contribution < 1.29 is 9.59 Å². The van der Waals surface area contributed by atoms with E-state index in [2.05, 4.69) is 15.3 Å². The van der Waals surface area contributed by atoms with Gasteiger partial charge in [0, 0.05) is 30.5 Å². The molecule has 6 heteroatoms. The lowest BCUT2D eigenvalue weighted by molar-refractivity contribution is 0.0786. The van der Waals surface area contributed by atoms with Crippen LogP contribution in [0.15, 0.2) is 36.5 Å². The maximum absolute atomic E-state index is 12.3. The van der Waals surface area contributed by atoms with E-state index in [0.29, 0.717) is 17.2 Å². The van der Waals surface area contributed by atoms with E-state index in [1.54, 1.807) is 36.5 Å². The van der Waals surface area contributed by atoms with E-state index >= 15 is 0 Å². The Morgan fingerprint density at radius 3 is 2.43 bits per heavy atom. The van der Waals surface area contributed by atoms with Crippen LogP contribution in [-0.4, -0.2) is 39.6 Å². The molecule has 0 bridgehead atoms. The third kappa shape index (κ3) is 3.53. The number of aromatic nitrogens is 2. The number of ketones is 1. The van der Waals surface area contributed by atoms with Gasteiger partial charge >= 0.3 is 0 Å². The number of carbonyl (C=O) groups excluding carboxylic acids is 2. The fourth-order valence-electron chi connectivity index (χ4n) is 2.54. The highest BCUT2D eigenvalue weighted by atomic mass is 16.2. The molecule has 0 spiro atoms. The van der Waals surface area contributed by atoms with E-state index in [0.717, 1.165) is 31.6 Å². The van der Waals surface area contributed by atoms with Crippen LogP contribution < -0.4 is 5.32 Å². The van der Waals surface area contributed by atoms with Gasteiger partial charge in [-0.2, -0.15) is 0 Å². The van der Waals surface area contributed by atoms with Crippen LogP contribution in [0.1, 0.15) is 40.6 Å². The molecule has 0 aliphatic carbocycles. The highest BCUT2D eigenvalue weighted by Crippen LogP contribution is 2.16. The monoisotopic (exact) mass is 310 g/mol. The first kappa shape index (κ1) is 15.1. The molecule has 1 aromatic carbocycles. The Hall–Kier alpha value is -2.76. The Labute approximate surface area is 134 Å². The number of hydrogen-bond donors (Lipinski definition) is 1. The summed E-state index contributed by atoms with van der Waals surface area (Å²) >= 11 is 0. The largest absolute Gasteiger partial charge is 0.337 e. The van der Waals surface area contributed by atoms with Gasteiger partial charge in [0.15, 0.2) is 5.78 Å². The smallest absolute Gasteiger partial charge is 0.272 e. The van der Waals surface area contributed by atoms with E-state index in [1.165, 1.54) is 6.92 Å². The normalized spacial score (nSPS) is 13.9. The zero-order chi connectivity index (χ0) is 16.2. The fraction of sp³-hybridized carbons (Fsp3) is 0.294. The van der Waals surface area contributed by atoms with Gasteiger partial charge in [0.05, 0.1) is 0 Å². The molecule has 2 heterocycles. The van der Waals surface area contributed by atoms with Crippen molar-refractivity contribution in [1.82, 2.24) is 14.9 Å². The summed E-state index contributed by atoms with van der Waals surface area (Å²) in [5.41, 5.74) is 1.81. The number of rotatable bonds is 4. The molecule has 1 N–H and O–H groups in total. The molecular weight excluding hydrogens is 292 g/mol. The molecule has 1 saturated heterocycles. The number of Topliss-reactive ketones (excluding diaryl/α,β-unsaturated/α-hetero) is 1. The average molecular weight is 310 g/mol. The van der Waals surface area contributed by atoms with Gasteiger partial charge in [-0.1, -0.05) is 0 Å². The molecule has 0 radical (unpaired) electrons. The van der Waals surface area contributed by atoms with Crippen LogP contribution in [0.4, 0.5) is 11.6 Å². The van der Waals surface area contributed by atoms with Crippen LogP contribution in [0, 0.1) is 0 Å². The Kier molecular flexibility index (Phi) is 4.32. The first-order valence-electron chi connectivity index (χ1n) is 7.64. The van der Waals surface area contributed by atoms with Crippen molar-refractivity contribution in [3.05, 3.63) is 47.8 Å². The molecule has 1 aliphatic heterocycles. The first-order valence-corrected chi connectivity index (χ1v) is 7.64. The number of hydrogen-bond acceptors (Lipinski definition) is 5. The lowest BCUT2D eigenvalue weighted by Gasteiger charge is -2.14. The van der Waals surface area contributed by atoms with E-state index in [-0.39, 0.29) is 11.7 Å². The van der Waals surface area contributed by atoms with E-state index < -0.39 is 0 Å². The van der Waals surface area contributed by atoms with Crippen LogP contribution in [0.5, 0.6) is 0 Å². The topological polar surface area (TPSA) is 75.2 Å². The Morgan fingerprint density at radius 2 is 1.78 bits per heavy atom. The fourth-order valence-corrected chi connectivity index (χ4v) is 2.54. The summed E-state index contributed by atoms with van der Waals surface area (Å²) in [4.78, 5) is 33.9.